The Labute approximate surface area is 89.1 Å². The Kier molecular flexibility index (Phi) is 8.33. The smallest absolute Gasteiger partial charge is 0.300 e. The van der Waals surface area contributed by atoms with Crippen LogP contribution < -0.4 is 0 Å². The molecule has 1 rings (SSSR count). The predicted molar refractivity (Wildman–Crippen MR) is 56.5 cm³/mol. The van der Waals surface area contributed by atoms with E-state index in [0.717, 1.165) is 12.5 Å². The number of carboxylic acids is 1. The van der Waals surface area contributed by atoms with Crippen LogP contribution in [0.5, 0.6) is 0 Å². The average molecular weight is 212 g/mol. The van der Waals surface area contributed by atoms with Gasteiger partial charge in [-0.25, -0.2) is 0 Å². The molecule has 0 unspecified atom stereocenters. The molecule has 0 fully saturated rings. The first-order valence-corrected chi connectivity index (χ1v) is 4.59. The van der Waals surface area contributed by atoms with Crippen molar-refractivity contribution in [3.8, 4) is 0 Å². The van der Waals surface area contributed by atoms with Gasteiger partial charge >= 0.3 is 0 Å². The molecule has 0 bridgehead atoms. The van der Waals surface area contributed by atoms with Gasteiger partial charge < -0.3 is 14.9 Å². The molecule has 2 N–H and O–H groups in total. The summed E-state index contributed by atoms with van der Waals surface area (Å²) in [5.74, 6) is -0.833. The van der Waals surface area contributed by atoms with Crippen molar-refractivity contribution in [3.05, 3.63) is 35.9 Å². The van der Waals surface area contributed by atoms with E-state index >= 15 is 0 Å². The van der Waals surface area contributed by atoms with Gasteiger partial charge in [0.2, 0.25) is 0 Å². The van der Waals surface area contributed by atoms with E-state index < -0.39 is 5.97 Å². The Morgan fingerprint density at radius 2 is 1.87 bits per heavy atom. The Balaban J connectivity index is 0.000000423. The first-order chi connectivity index (χ1) is 7.16. The van der Waals surface area contributed by atoms with Crippen molar-refractivity contribution >= 4 is 5.97 Å². The van der Waals surface area contributed by atoms with Crippen molar-refractivity contribution in [2.24, 2.45) is 0 Å². The lowest BCUT2D eigenvalue weighted by molar-refractivity contribution is -0.134. The molecule has 0 aliphatic rings. The van der Waals surface area contributed by atoms with Gasteiger partial charge in [0.15, 0.2) is 0 Å². The molecule has 15 heavy (non-hydrogen) atoms. The molecule has 0 aliphatic heterocycles. The Hall–Kier alpha value is -1.39. The molecule has 1 aromatic carbocycles. The van der Waals surface area contributed by atoms with E-state index in [0.29, 0.717) is 13.2 Å². The molecular formula is C11H16O4. The van der Waals surface area contributed by atoms with Gasteiger partial charge in [-0.15, -0.1) is 0 Å². The quantitative estimate of drug-likeness (QED) is 0.738. The van der Waals surface area contributed by atoms with Crippen molar-refractivity contribution in [3.63, 3.8) is 0 Å². The monoisotopic (exact) mass is 212 g/mol. The number of benzene rings is 1. The first kappa shape index (κ1) is 13.6. The zero-order chi connectivity index (χ0) is 11.5. The van der Waals surface area contributed by atoms with Gasteiger partial charge in [-0.1, -0.05) is 30.3 Å². The van der Waals surface area contributed by atoms with Crippen molar-refractivity contribution in [2.45, 2.75) is 13.5 Å². The lowest BCUT2D eigenvalue weighted by Gasteiger charge is -2.00. The number of hydrogen-bond acceptors (Lipinski definition) is 3. The molecule has 4 heteroatoms. The van der Waals surface area contributed by atoms with E-state index in [1.165, 1.54) is 0 Å². The molecule has 0 atom stereocenters. The summed E-state index contributed by atoms with van der Waals surface area (Å²) in [5.41, 5.74) is 1.14. The summed E-state index contributed by atoms with van der Waals surface area (Å²) >= 11 is 0. The maximum absolute atomic E-state index is 9.00. The molecule has 0 saturated heterocycles. The van der Waals surface area contributed by atoms with Gasteiger partial charge in [-0.3, -0.25) is 4.79 Å². The first-order valence-electron chi connectivity index (χ1n) is 4.59. The topological polar surface area (TPSA) is 66.8 Å². The van der Waals surface area contributed by atoms with Crippen molar-refractivity contribution in [2.75, 3.05) is 13.2 Å². The fourth-order valence-corrected chi connectivity index (χ4v) is 0.829. The van der Waals surface area contributed by atoms with Crippen molar-refractivity contribution in [1.29, 1.82) is 0 Å². The van der Waals surface area contributed by atoms with Crippen LogP contribution in [0.4, 0.5) is 0 Å². The van der Waals surface area contributed by atoms with Crippen LogP contribution in [0.25, 0.3) is 0 Å². The van der Waals surface area contributed by atoms with E-state index in [2.05, 4.69) is 0 Å². The van der Waals surface area contributed by atoms with Crippen LogP contribution >= 0.6 is 0 Å². The molecule has 0 aliphatic carbocycles. The van der Waals surface area contributed by atoms with E-state index in [1.54, 1.807) is 0 Å². The number of hydrogen-bond donors (Lipinski definition) is 2. The van der Waals surface area contributed by atoms with Gasteiger partial charge in [-0.05, 0) is 5.56 Å². The largest absolute Gasteiger partial charge is 0.481 e. The van der Waals surface area contributed by atoms with Crippen LogP contribution in [0.1, 0.15) is 12.5 Å². The van der Waals surface area contributed by atoms with E-state index in [1.807, 2.05) is 30.3 Å². The highest BCUT2D eigenvalue weighted by Gasteiger charge is 1.88. The second-order valence-corrected chi connectivity index (χ2v) is 2.78. The van der Waals surface area contributed by atoms with Crippen LogP contribution in [0, 0.1) is 0 Å². The molecule has 0 radical (unpaired) electrons. The van der Waals surface area contributed by atoms with Gasteiger partial charge in [0, 0.05) is 6.92 Å². The zero-order valence-corrected chi connectivity index (χ0v) is 8.72. The van der Waals surface area contributed by atoms with Crippen LogP contribution in [-0.4, -0.2) is 29.4 Å². The standard InChI is InChI=1S/C9H12O2.C2H4O2/c10-6-7-11-8-9-4-2-1-3-5-9;1-2(3)4/h1-5,10H,6-8H2;1H3,(H,3,4). The van der Waals surface area contributed by atoms with Crippen LogP contribution in [-0.2, 0) is 16.1 Å². The zero-order valence-electron chi connectivity index (χ0n) is 8.72. The fraction of sp³-hybridized carbons (Fsp3) is 0.364. The minimum absolute atomic E-state index is 0.0901. The number of aliphatic hydroxyl groups excluding tert-OH is 1. The number of aliphatic hydroxyl groups is 1. The Morgan fingerprint density at radius 1 is 1.33 bits per heavy atom. The maximum atomic E-state index is 9.00. The maximum Gasteiger partial charge on any atom is 0.300 e. The van der Waals surface area contributed by atoms with Crippen LogP contribution in [0.3, 0.4) is 0 Å². The number of ether oxygens (including phenoxy) is 1. The highest BCUT2D eigenvalue weighted by Crippen LogP contribution is 1.99. The molecule has 84 valence electrons. The molecule has 4 nitrogen and oxygen atoms in total. The minimum atomic E-state index is -0.833. The van der Waals surface area contributed by atoms with Crippen LogP contribution in [0.15, 0.2) is 30.3 Å². The summed E-state index contributed by atoms with van der Waals surface area (Å²) in [6.45, 7) is 2.17. The van der Waals surface area contributed by atoms with Gasteiger partial charge in [-0.2, -0.15) is 0 Å². The summed E-state index contributed by atoms with van der Waals surface area (Å²) in [7, 11) is 0. The third-order valence-corrected chi connectivity index (χ3v) is 1.35. The molecular weight excluding hydrogens is 196 g/mol. The summed E-state index contributed by atoms with van der Waals surface area (Å²) in [4.78, 5) is 9.00. The number of rotatable bonds is 4. The van der Waals surface area contributed by atoms with Crippen LogP contribution in [0.2, 0.25) is 0 Å². The highest BCUT2D eigenvalue weighted by atomic mass is 16.5. The van der Waals surface area contributed by atoms with Gasteiger partial charge in [0.05, 0.1) is 19.8 Å². The Bertz CT molecular complexity index is 255. The second-order valence-electron chi connectivity index (χ2n) is 2.78. The fourth-order valence-electron chi connectivity index (χ4n) is 0.829. The van der Waals surface area contributed by atoms with Gasteiger partial charge in [0.25, 0.3) is 5.97 Å². The molecule has 0 spiro atoms. The molecule has 1 aromatic rings. The summed E-state index contributed by atoms with van der Waals surface area (Å²) < 4.78 is 5.12. The molecule has 0 saturated carbocycles. The summed E-state index contributed by atoms with van der Waals surface area (Å²) in [6.07, 6.45) is 0. The number of aliphatic carboxylic acids is 1. The van der Waals surface area contributed by atoms with Crippen molar-refractivity contribution in [1.82, 2.24) is 0 Å². The minimum Gasteiger partial charge on any atom is -0.481 e. The molecule has 0 heterocycles. The molecule has 0 amide bonds. The second kappa shape index (κ2) is 9.18. The van der Waals surface area contributed by atoms with Crippen molar-refractivity contribution < 1.29 is 19.7 Å². The average Bonchev–Trinajstić information content (AvgIpc) is 2.19. The molecule has 0 aromatic heterocycles. The van der Waals surface area contributed by atoms with E-state index in [-0.39, 0.29) is 6.61 Å². The lowest BCUT2D eigenvalue weighted by Crippen LogP contribution is -1.98. The Morgan fingerprint density at radius 3 is 2.33 bits per heavy atom. The predicted octanol–water partition coefficient (Wildman–Crippen LogP) is 1.29. The lowest BCUT2D eigenvalue weighted by atomic mass is 10.2. The number of carbonyl (C=O) groups is 1. The normalized spacial score (nSPS) is 8.93. The third kappa shape index (κ3) is 10.5. The van der Waals surface area contributed by atoms with Gasteiger partial charge in [0.1, 0.15) is 0 Å². The third-order valence-electron chi connectivity index (χ3n) is 1.35. The summed E-state index contributed by atoms with van der Waals surface area (Å²) in [6, 6.07) is 9.90. The number of carboxylic acid groups (broad SMARTS) is 1. The summed E-state index contributed by atoms with van der Waals surface area (Å²) in [5, 5.41) is 15.8. The SMILES string of the molecule is CC(=O)O.OCCOCc1ccccc1. The highest BCUT2D eigenvalue weighted by molar-refractivity contribution is 5.62. The van der Waals surface area contributed by atoms with E-state index in [4.69, 9.17) is 19.7 Å². The van der Waals surface area contributed by atoms with E-state index in [9.17, 15) is 0 Å².